The van der Waals surface area contributed by atoms with E-state index in [4.69, 9.17) is 47.4 Å². The molecule has 0 saturated carbocycles. The van der Waals surface area contributed by atoms with Crippen LogP contribution < -0.4 is 47.4 Å². The lowest BCUT2D eigenvalue weighted by Gasteiger charge is -2.39. The summed E-state index contributed by atoms with van der Waals surface area (Å²) in [5.74, 6) is 4.58. The molecule has 4 atom stereocenters. The first-order valence-corrected chi connectivity index (χ1v) is 17.7. The van der Waals surface area contributed by atoms with Gasteiger partial charge in [-0.3, -0.25) is 4.79 Å². The smallest absolute Gasteiger partial charge is 0.270 e. The van der Waals surface area contributed by atoms with E-state index in [1.165, 1.54) is 0 Å². The lowest BCUT2D eigenvalue weighted by molar-refractivity contribution is -0.116. The monoisotopic (exact) mass is 738 g/mol. The van der Waals surface area contributed by atoms with Gasteiger partial charge in [0.2, 0.25) is 0 Å². The molecular weight excluding hydrogens is 696 g/mol. The van der Waals surface area contributed by atoms with Crippen LogP contribution in [0, 0.1) is 5.92 Å². The Morgan fingerprint density at radius 2 is 1.44 bits per heavy atom. The number of Topliss-reactive ketones (excluding diaryl/α,β-unsaturated/α-hetero) is 1. The topological polar surface area (TPSA) is 130 Å². The van der Waals surface area contributed by atoms with Crippen LogP contribution in [-0.2, 0) is 6.42 Å². The maximum absolute atomic E-state index is 13.5. The second-order valence-corrected chi connectivity index (χ2v) is 13.9. The third-order valence-electron chi connectivity index (χ3n) is 10.5. The molecule has 0 saturated heterocycles. The Labute approximate surface area is 313 Å². The molecule has 0 aliphatic carbocycles. The summed E-state index contributed by atoms with van der Waals surface area (Å²) in [7, 11) is 7.87. The normalized spacial score (nSPS) is 22.1. The molecule has 0 fully saturated rings. The van der Waals surface area contributed by atoms with Crippen molar-refractivity contribution in [2.24, 2.45) is 5.92 Å². The molecule has 0 spiro atoms. The maximum atomic E-state index is 13.5. The molecule has 1 N–H and O–H groups in total. The van der Waals surface area contributed by atoms with Crippen LogP contribution in [0.5, 0.6) is 57.5 Å². The van der Waals surface area contributed by atoms with E-state index in [9.17, 15) is 9.90 Å². The van der Waals surface area contributed by atoms with Gasteiger partial charge in [-0.2, -0.15) is 0 Å². The van der Waals surface area contributed by atoms with Crippen molar-refractivity contribution in [3.63, 3.8) is 0 Å². The van der Waals surface area contributed by atoms with Crippen molar-refractivity contribution in [2.75, 3.05) is 48.8 Å². The van der Waals surface area contributed by atoms with E-state index < -0.39 is 11.7 Å². The lowest BCUT2D eigenvalue weighted by atomic mass is 9.81. The summed E-state index contributed by atoms with van der Waals surface area (Å²) in [6.07, 6.45) is 2.37. The van der Waals surface area contributed by atoms with Gasteiger partial charge in [0, 0.05) is 52.4 Å². The van der Waals surface area contributed by atoms with Crippen LogP contribution in [0.25, 0.3) is 11.6 Å². The van der Waals surface area contributed by atoms with E-state index >= 15 is 0 Å². The van der Waals surface area contributed by atoms with Crippen LogP contribution in [0.2, 0.25) is 0 Å². The van der Waals surface area contributed by atoms with Gasteiger partial charge in [-0.25, -0.2) is 0 Å². The number of hydrogen-bond acceptors (Lipinski definition) is 12. The van der Waals surface area contributed by atoms with Crippen molar-refractivity contribution in [2.45, 2.75) is 44.2 Å². The number of ketones is 1. The molecule has 12 heteroatoms. The van der Waals surface area contributed by atoms with Gasteiger partial charge >= 0.3 is 0 Å². The van der Waals surface area contributed by atoms with E-state index in [1.807, 2.05) is 36.4 Å². The summed E-state index contributed by atoms with van der Waals surface area (Å²) in [4.78, 5) is 13.5. The summed E-state index contributed by atoms with van der Waals surface area (Å²) < 4.78 is 56.7. The number of carbonyl (C=O) groups is 1. The van der Waals surface area contributed by atoms with Gasteiger partial charge in [0.1, 0.15) is 53.3 Å². The lowest BCUT2D eigenvalue weighted by Crippen LogP contribution is -2.47. The Morgan fingerprint density at radius 1 is 0.741 bits per heavy atom. The molecule has 12 nitrogen and oxygen atoms in total. The minimum Gasteiger partial charge on any atom is -0.497 e. The first-order valence-electron chi connectivity index (χ1n) is 17.7. The number of aliphatic hydroxyl groups is 1. The Balaban J connectivity index is 0.000000155. The molecule has 54 heavy (non-hydrogen) atoms. The molecule has 282 valence electrons. The van der Waals surface area contributed by atoms with Crippen LogP contribution in [0.3, 0.4) is 0 Å². The zero-order valence-corrected chi connectivity index (χ0v) is 31.1. The number of ether oxygens (including phenoxy) is 10. The molecule has 0 radical (unpaired) electrons. The van der Waals surface area contributed by atoms with Gasteiger partial charge in [-0.05, 0) is 48.4 Å². The van der Waals surface area contributed by atoms with Crippen LogP contribution >= 0.6 is 0 Å². The Bertz CT molecular complexity index is 2170. The fraction of sp³-hybridized carbons (Fsp3) is 0.357. The second-order valence-electron chi connectivity index (χ2n) is 13.9. The standard InChI is InChI=1S/C23H24O6.C19H18O6/c1-11(2)16-8-14-15(28-16)6-5-12-22(24)21-13-7-18(25-3)19(26-4)9-17(13)27-10-20(21)29-23(12)14;1-21-12-5-4-11-6-14-13-8-17(22-2)18(23-3)9-16(13)24-10-19(14,20)25-15(11)7-12/h5-7,9,11,16,20-21H,8,10H2,1-4H3;4-9,20H,10H2,1-3H3. The number of carbonyl (C=O) groups excluding carboxylic acids is 1. The minimum atomic E-state index is -1.58. The van der Waals surface area contributed by atoms with Crippen LogP contribution in [-0.4, -0.2) is 77.6 Å². The molecule has 5 aliphatic heterocycles. The number of hydrogen-bond donors (Lipinski definition) is 1. The molecule has 4 aromatic rings. The maximum Gasteiger partial charge on any atom is 0.270 e. The fourth-order valence-corrected chi connectivity index (χ4v) is 7.58. The molecule has 9 rings (SSSR count). The molecular formula is C42H42O12. The highest BCUT2D eigenvalue weighted by Gasteiger charge is 2.47. The molecule has 0 amide bonds. The largest absolute Gasteiger partial charge is 0.497 e. The van der Waals surface area contributed by atoms with E-state index in [1.54, 1.807) is 59.8 Å². The fourth-order valence-electron chi connectivity index (χ4n) is 7.58. The van der Waals surface area contributed by atoms with Crippen LogP contribution in [0.1, 0.15) is 52.4 Å². The van der Waals surface area contributed by atoms with Gasteiger partial charge < -0.3 is 52.5 Å². The minimum absolute atomic E-state index is 0.0298. The van der Waals surface area contributed by atoms with E-state index in [2.05, 4.69) is 13.8 Å². The molecule has 0 bridgehead atoms. The van der Waals surface area contributed by atoms with Gasteiger partial charge in [-0.1, -0.05) is 13.8 Å². The molecule has 5 heterocycles. The number of fused-ring (bicyclic) bond motifs is 10. The molecule has 4 unspecified atom stereocenters. The number of benzene rings is 4. The highest BCUT2D eigenvalue weighted by atomic mass is 16.7. The Morgan fingerprint density at radius 3 is 2.15 bits per heavy atom. The Kier molecular flexibility index (Phi) is 8.88. The third kappa shape index (κ3) is 5.76. The highest BCUT2D eigenvalue weighted by Crippen LogP contribution is 2.51. The predicted octanol–water partition coefficient (Wildman–Crippen LogP) is 6.51. The van der Waals surface area contributed by atoms with Crippen molar-refractivity contribution in [1.82, 2.24) is 0 Å². The summed E-state index contributed by atoms with van der Waals surface area (Å²) in [6, 6.07) is 16.3. The number of rotatable bonds is 6. The van der Waals surface area contributed by atoms with Crippen molar-refractivity contribution >= 4 is 17.4 Å². The van der Waals surface area contributed by atoms with Gasteiger partial charge in [-0.15, -0.1) is 0 Å². The zero-order valence-electron chi connectivity index (χ0n) is 31.1. The zero-order chi connectivity index (χ0) is 37.9. The van der Waals surface area contributed by atoms with Gasteiger partial charge in [0.25, 0.3) is 5.79 Å². The van der Waals surface area contributed by atoms with Crippen LogP contribution in [0.4, 0.5) is 0 Å². The summed E-state index contributed by atoms with van der Waals surface area (Å²) in [5.41, 5.74) is 4.54. The first kappa shape index (κ1) is 35.3. The summed E-state index contributed by atoms with van der Waals surface area (Å²) in [6.45, 7) is 4.55. The third-order valence-corrected chi connectivity index (χ3v) is 10.5. The summed E-state index contributed by atoms with van der Waals surface area (Å²) >= 11 is 0. The van der Waals surface area contributed by atoms with Crippen molar-refractivity contribution in [3.05, 3.63) is 82.4 Å². The summed E-state index contributed by atoms with van der Waals surface area (Å²) in [5, 5.41) is 11.0. The molecule has 0 aromatic heterocycles. The first-order chi connectivity index (χ1) is 26.1. The van der Waals surface area contributed by atoms with E-state index in [0.717, 1.165) is 28.9 Å². The number of methoxy groups -OCH3 is 5. The van der Waals surface area contributed by atoms with Gasteiger partial charge in [0.05, 0.1) is 47.0 Å². The van der Waals surface area contributed by atoms with Crippen molar-refractivity contribution in [3.8, 4) is 57.5 Å². The quantitative estimate of drug-likeness (QED) is 0.232. The van der Waals surface area contributed by atoms with Crippen LogP contribution in [0.15, 0.2) is 54.6 Å². The Hall–Kier alpha value is -5.75. The SMILES string of the molecule is COc1cc2c(cc1OC)C1C(=O)c3ccc4c(c3OC1CO2)CC(C(C)C)O4.COc1ccc2c(c1)OC1(O)COc3cc(OC)c(OC)cc3C1=C2. The average molecular weight is 739 g/mol. The van der Waals surface area contributed by atoms with Gasteiger partial charge in [0.15, 0.2) is 35.4 Å². The van der Waals surface area contributed by atoms with E-state index in [0.29, 0.717) is 81.0 Å². The van der Waals surface area contributed by atoms with E-state index in [-0.39, 0.29) is 24.6 Å². The predicted molar refractivity (Wildman–Crippen MR) is 197 cm³/mol. The highest BCUT2D eigenvalue weighted by molar-refractivity contribution is 6.06. The van der Waals surface area contributed by atoms with Crippen molar-refractivity contribution in [1.29, 1.82) is 0 Å². The molecule has 4 aromatic carbocycles. The molecule has 5 aliphatic rings. The van der Waals surface area contributed by atoms with Crippen molar-refractivity contribution < 1.29 is 57.3 Å². The second kappa shape index (κ2) is 13.6. The average Bonchev–Trinajstić information content (AvgIpc) is 3.64.